The van der Waals surface area contributed by atoms with E-state index in [1.807, 2.05) is 0 Å². The third kappa shape index (κ3) is 4.26. The highest BCUT2D eigenvalue weighted by atomic mass is 32.2. The molecule has 0 aliphatic carbocycles. The van der Waals surface area contributed by atoms with Gasteiger partial charge < -0.3 is 10.4 Å². The van der Waals surface area contributed by atoms with E-state index in [9.17, 15) is 18.0 Å². The molecule has 0 bridgehead atoms. The van der Waals surface area contributed by atoms with Gasteiger partial charge in [-0.2, -0.15) is 5.10 Å². The van der Waals surface area contributed by atoms with Crippen molar-refractivity contribution in [1.82, 2.24) is 19.8 Å². The van der Waals surface area contributed by atoms with Crippen molar-refractivity contribution in [2.24, 2.45) is 0 Å². The quantitative estimate of drug-likeness (QED) is 0.591. The maximum atomic E-state index is 12.2. The molecule has 1 rings (SSSR count). The molecule has 0 aromatic carbocycles. The Labute approximate surface area is 122 Å². The van der Waals surface area contributed by atoms with E-state index in [1.54, 1.807) is 0 Å². The Morgan fingerprint density at radius 3 is 2.48 bits per heavy atom. The number of nitrogens with one attached hydrogen (secondary N) is 2. The average molecular weight is 318 g/mol. The zero-order valence-electron chi connectivity index (χ0n) is 12.0. The van der Waals surface area contributed by atoms with Gasteiger partial charge in [0.05, 0.1) is 11.4 Å². The normalized spacial score (nSPS) is 11.4. The van der Waals surface area contributed by atoms with Crippen LogP contribution in [0.1, 0.15) is 17.8 Å². The fourth-order valence-corrected chi connectivity index (χ4v) is 3.29. The van der Waals surface area contributed by atoms with Gasteiger partial charge in [-0.25, -0.2) is 13.1 Å². The maximum absolute atomic E-state index is 12.2. The third-order valence-corrected chi connectivity index (χ3v) is 4.50. The number of rotatable bonds is 7. The molecule has 10 heteroatoms. The van der Waals surface area contributed by atoms with E-state index >= 15 is 0 Å². The molecule has 1 aromatic heterocycles. The number of carboxylic acids is 1. The largest absolute Gasteiger partial charge is 0.480 e. The van der Waals surface area contributed by atoms with E-state index in [-0.39, 0.29) is 35.2 Å². The van der Waals surface area contributed by atoms with Gasteiger partial charge in [-0.1, -0.05) is 0 Å². The predicted molar refractivity (Wildman–Crippen MR) is 73.2 cm³/mol. The number of carbonyl (C=O) groups is 2. The van der Waals surface area contributed by atoms with E-state index < -0.39 is 22.5 Å². The van der Waals surface area contributed by atoms with Crippen LogP contribution in [0.2, 0.25) is 0 Å². The lowest BCUT2D eigenvalue weighted by Gasteiger charge is -2.07. The standard InChI is InChI=1S/C11H18N4O5S/c1-7-11(8(2)15(14-7)6-10(17)18)21(19,20)13-5-4-9(16)12-3/h13H,4-6H2,1-3H3,(H,12,16)(H,17,18). The third-order valence-electron chi connectivity index (χ3n) is 2.79. The fourth-order valence-electron chi connectivity index (χ4n) is 1.85. The Hall–Kier alpha value is -1.94. The number of amides is 1. The number of aryl methyl sites for hydroxylation is 1. The molecule has 21 heavy (non-hydrogen) atoms. The van der Waals surface area contributed by atoms with Crippen LogP contribution in [0.15, 0.2) is 4.90 Å². The van der Waals surface area contributed by atoms with Gasteiger partial charge in [0.2, 0.25) is 15.9 Å². The number of nitrogens with zero attached hydrogens (tertiary/aromatic N) is 2. The molecule has 0 atom stereocenters. The van der Waals surface area contributed by atoms with E-state index in [0.717, 1.165) is 4.68 Å². The molecule has 1 heterocycles. The van der Waals surface area contributed by atoms with Gasteiger partial charge in [0.15, 0.2) is 0 Å². The van der Waals surface area contributed by atoms with Crippen LogP contribution in [0.3, 0.4) is 0 Å². The summed E-state index contributed by atoms with van der Waals surface area (Å²) >= 11 is 0. The van der Waals surface area contributed by atoms with Crippen molar-refractivity contribution in [2.75, 3.05) is 13.6 Å². The molecule has 0 radical (unpaired) electrons. The van der Waals surface area contributed by atoms with Crippen molar-refractivity contribution in [3.63, 3.8) is 0 Å². The smallest absolute Gasteiger partial charge is 0.325 e. The highest BCUT2D eigenvalue weighted by Crippen LogP contribution is 2.19. The second-order valence-corrected chi connectivity index (χ2v) is 6.08. The van der Waals surface area contributed by atoms with Crippen LogP contribution in [-0.2, 0) is 26.2 Å². The van der Waals surface area contributed by atoms with Crippen LogP contribution in [0.4, 0.5) is 0 Å². The Bertz CT molecular complexity index is 650. The number of aliphatic carboxylic acids is 1. The number of hydrogen-bond acceptors (Lipinski definition) is 5. The van der Waals surface area contributed by atoms with Crippen molar-refractivity contribution < 1.29 is 23.1 Å². The summed E-state index contributed by atoms with van der Waals surface area (Å²) in [6.07, 6.45) is 0.0110. The molecule has 0 fully saturated rings. The summed E-state index contributed by atoms with van der Waals surface area (Å²) in [5.74, 6) is -1.40. The zero-order chi connectivity index (χ0) is 16.2. The molecule has 0 aliphatic heterocycles. The molecule has 3 N–H and O–H groups in total. The zero-order valence-corrected chi connectivity index (χ0v) is 12.8. The van der Waals surface area contributed by atoms with Crippen LogP contribution in [0, 0.1) is 13.8 Å². The Morgan fingerprint density at radius 1 is 1.33 bits per heavy atom. The number of sulfonamides is 1. The number of carbonyl (C=O) groups excluding carboxylic acids is 1. The number of carboxylic acid groups (broad SMARTS) is 1. The molecule has 0 unspecified atom stereocenters. The highest BCUT2D eigenvalue weighted by Gasteiger charge is 2.25. The van der Waals surface area contributed by atoms with Crippen LogP contribution >= 0.6 is 0 Å². The number of hydrogen-bond donors (Lipinski definition) is 3. The first-order chi connectivity index (χ1) is 9.69. The minimum atomic E-state index is -3.85. The summed E-state index contributed by atoms with van der Waals surface area (Å²) in [7, 11) is -2.39. The summed E-state index contributed by atoms with van der Waals surface area (Å²) in [6.45, 7) is 2.50. The lowest BCUT2D eigenvalue weighted by molar-refractivity contribution is -0.138. The van der Waals surface area contributed by atoms with Crippen molar-refractivity contribution in [1.29, 1.82) is 0 Å². The van der Waals surface area contributed by atoms with E-state index in [2.05, 4.69) is 15.1 Å². The van der Waals surface area contributed by atoms with Crippen LogP contribution in [0.25, 0.3) is 0 Å². The summed E-state index contributed by atoms with van der Waals surface area (Å²) in [6, 6.07) is 0. The molecule has 0 spiro atoms. The van der Waals surface area contributed by atoms with Gasteiger partial charge in [-0.15, -0.1) is 0 Å². The van der Waals surface area contributed by atoms with E-state index in [0.29, 0.717) is 0 Å². The minimum Gasteiger partial charge on any atom is -0.480 e. The number of aromatic nitrogens is 2. The first-order valence-electron chi connectivity index (χ1n) is 6.15. The molecular weight excluding hydrogens is 300 g/mol. The SMILES string of the molecule is CNC(=O)CCNS(=O)(=O)c1c(C)nn(CC(=O)O)c1C. The van der Waals surface area contributed by atoms with Gasteiger partial charge in [-0.05, 0) is 13.8 Å². The molecule has 1 aromatic rings. The van der Waals surface area contributed by atoms with Crippen LogP contribution in [-0.4, -0.2) is 48.8 Å². The van der Waals surface area contributed by atoms with E-state index in [1.165, 1.54) is 20.9 Å². The van der Waals surface area contributed by atoms with Crippen molar-refractivity contribution in [3.8, 4) is 0 Å². The molecule has 0 aliphatic rings. The second-order valence-electron chi connectivity index (χ2n) is 4.37. The first-order valence-corrected chi connectivity index (χ1v) is 7.63. The molecule has 0 saturated carbocycles. The minimum absolute atomic E-state index is 0.0110. The maximum Gasteiger partial charge on any atom is 0.325 e. The predicted octanol–water partition coefficient (Wildman–Crippen LogP) is -1.00. The Morgan fingerprint density at radius 2 is 1.95 bits per heavy atom. The van der Waals surface area contributed by atoms with Crippen molar-refractivity contribution in [3.05, 3.63) is 11.4 Å². The van der Waals surface area contributed by atoms with Gasteiger partial charge >= 0.3 is 5.97 Å². The van der Waals surface area contributed by atoms with Gasteiger partial charge in [0.1, 0.15) is 11.4 Å². The lowest BCUT2D eigenvalue weighted by atomic mass is 10.4. The molecule has 118 valence electrons. The van der Waals surface area contributed by atoms with Crippen LogP contribution in [0.5, 0.6) is 0 Å². The lowest BCUT2D eigenvalue weighted by Crippen LogP contribution is -2.30. The van der Waals surface area contributed by atoms with Crippen molar-refractivity contribution >= 4 is 21.9 Å². The van der Waals surface area contributed by atoms with Crippen LogP contribution < -0.4 is 10.0 Å². The Kier molecular flexibility index (Phi) is 5.44. The van der Waals surface area contributed by atoms with E-state index in [4.69, 9.17) is 5.11 Å². The molecule has 0 saturated heterocycles. The van der Waals surface area contributed by atoms with Gasteiger partial charge in [-0.3, -0.25) is 14.3 Å². The first kappa shape index (κ1) is 17.1. The molecule has 1 amide bonds. The van der Waals surface area contributed by atoms with Gasteiger partial charge in [0, 0.05) is 20.0 Å². The summed E-state index contributed by atoms with van der Waals surface area (Å²) < 4.78 is 27.8. The molecular formula is C11H18N4O5S. The fraction of sp³-hybridized carbons (Fsp3) is 0.545. The highest BCUT2D eigenvalue weighted by molar-refractivity contribution is 7.89. The van der Waals surface area contributed by atoms with Gasteiger partial charge in [0.25, 0.3) is 0 Å². The monoisotopic (exact) mass is 318 g/mol. The Balaban J connectivity index is 2.95. The summed E-state index contributed by atoms with van der Waals surface area (Å²) in [5.41, 5.74) is 0.448. The summed E-state index contributed by atoms with van der Waals surface area (Å²) in [4.78, 5) is 21.7. The van der Waals surface area contributed by atoms with Crippen molar-refractivity contribution in [2.45, 2.75) is 31.7 Å². The second kappa shape index (κ2) is 6.68. The topological polar surface area (TPSA) is 130 Å². The average Bonchev–Trinajstić information content (AvgIpc) is 2.63. The molecule has 9 nitrogen and oxygen atoms in total. The summed E-state index contributed by atoms with van der Waals surface area (Å²) in [5, 5.41) is 15.1.